The van der Waals surface area contributed by atoms with Crippen LogP contribution < -0.4 is 4.74 Å². The van der Waals surface area contributed by atoms with Crippen LogP contribution in [0.25, 0.3) is 0 Å². The predicted octanol–water partition coefficient (Wildman–Crippen LogP) is 3.58. The summed E-state index contributed by atoms with van der Waals surface area (Å²) in [6.07, 6.45) is 2.42. The molecule has 1 heterocycles. The Kier molecular flexibility index (Phi) is 3.43. The van der Waals surface area contributed by atoms with Crippen LogP contribution in [-0.2, 0) is 5.41 Å². The molecule has 0 bridgehead atoms. The number of benzene rings is 1. The van der Waals surface area contributed by atoms with E-state index in [1.807, 2.05) is 6.07 Å². The maximum absolute atomic E-state index is 10.1. The van der Waals surface area contributed by atoms with Crippen molar-refractivity contribution in [3.05, 3.63) is 29.3 Å². The highest BCUT2D eigenvalue weighted by molar-refractivity contribution is 5.41. The first-order valence-electron chi connectivity index (χ1n) is 6.50. The lowest BCUT2D eigenvalue weighted by atomic mass is 9.81. The summed E-state index contributed by atoms with van der Waals surface area (Å²) in [4.78, 5) is 0. The lowest BCUT2D eigenvalue weighted by molar-refractivity contribution is 0.167. The monoisotopic (exact) mass is 234 g/mol. The van der Waals surface area contributed by atoms with E-state index in [9.17, 15) is 5.11 Å². The average Bonchev–Trinajstić information content (AvgIpc) is 2.51. The van der Waals surface area contributed by atoms with Crippen LogP contribution in [0, 0.1) is 0 Å². The summed E-state index contributed by atoms with van der Waals surface area (Å²) >= 11 is 0. The van der Waals surface area contributed by atoms with Crippen LogP contribution in [0.3, 0.4) is 0 Å². The van der Waals surface area contributed by atoms with Gasteiger partial charge in [0.15, 0.2) is 0 Å². The second-order valence-corrected chi connectivity index (χ2v) is 5.50. The summed E-state index contributed by atoms with van der Waals surface area (Å²) in [5.74, 6) is 0.852. The van der Waals surface area contributed by atoms with Gasteiger partial charge in [0.2, 0.25) is 0 Å². The van der Waals surface area contributed by atoms with Gasteiger partial charge in [-0.1, -0.05) is 26.8 Å². The van der Waals surface area contributed by atoms with Gasteiger partial charge in [0.05, 0.1) is 12.7 Å². The van der Waals surface area contributed by atoms with Crippen LogP contribution in [0.2, 0.25) is 0 Å². The topological polar surface area (TPSA) is 29.5 Å². The molecule has 1 aromatic carbocycles. The highest BCUT2D eigenvalue weighted by Crippen LogP contribution is 2.36. The zero-order valence-electron chi connectivity index (χ0n) is 11.0. The molecule has 0 unspecified atom stereocenters. The first-order chi connectivity index (χ1) is 8.04. The van der Waals surface area contributed by atoms with Crippen molar-refractivity contribution in [2.45, 2.75) is 51.6 Å². The molecule has 1 N–H and O–H groups in total. The quantitative estimate of drug-likeness (QED) is 0.847. The lowest BCUT2D eigenvalue weighted by Crippen LogP contribution is -2.16. The minimum atomic E-state index is -0.375. The van der Waals surface area contributed by atoms with E-state index in [0.717, 1.165) is 30.6 Å². The number of hydrogen-bond acceptors (Lipinski definition) is 2. The SMILES string of the molecule is CCC(C)(C)c1ccc2c(c1)[C@H](O)CCCO2. The number of fused-ring (bicyclic) bond motifs is 1. The Morgan fingerprint density at radius 2 is 2.18 bits per heavy atom. The summed E-state index contributed by atoms with van der Waals surface area (Å²) in [5, 5.41) is 10.1. The summed E-state index contributed by atoms with van der Waals surface area (Å²) in [6.45, 7) is 7.37. The van der Waals surface area contributed by atoms with Crippen molar-refractivity contribution in [2.75, 3.05) is 6.61 Å². The average molecular weight is 234 g/mol. The van der Waals surface area contributed by atoms with E-state index in [1.54, 1.807) is 0 Å². The van der Waals surface area contributed by atoms with Crippen molar-refractivity contribution in [2.24, 2.45) is 0 Å². The van der Waals surface area contributed by atoms with E-state index in [2.05, 4.69) is 32.9 Å². The minimum absolute atomic E-state index is 0.154. The van der Waals surface area contributed by atoms with Crippen LogP contribution in [0.15, 0.2) is 18.2 Å². The van der Waals surface area contributed by atoms with Crippen LogP contribution >= 0.6 is 0 Å². The molecule has 17 heavy (non-hydrogen) atoms. The number of aliphatic hydroxyl groups excluding tert-OH is 1. The van der Waals surface area contributed by atoms with Crippen molar-refractivity contribution in [1.29, 1.82) is 0 Å². The maximum Gasteiger partial charge on any atom is 0.125 e. The van der Waals surface area contributed by atoms with E-state index in [4.69, 9.17) is 4.74 Å². The largest absolute Gasteiger partial charge is 0.493 e. The van der Waals surface area contributed by atoms with Gasteiger partial charge in [0, 0.05) is 5.56 Å². The van der Waals surface area contributed by atoms with Crippen LogP contribution in [0.4, 0.5) is 0 Å². The molecule has 2 rings (SSSR count). The van der Waals surface area contributed by atoms with Crippen molar-refractivity contribution >= 4 is 0 Å². The van der Waals surface area contributed by atoms with E-state index in [1.165, 1.54) is 5.56 Å². The molecule has 2 heteroatoms. The second kappa shape index (κ2) is 4.69. The molecule has 0 saturated heterocycles. The van der Waals surface area contributed by atoms with Crippen LogP contribution in [0.1, 0.15) is 57.3 Å². The second-order valence-electron chi connectivity index (χ2n) is 5.50. The molecule has 0 aromatic heterocycles. The molecule has 2 nitrogen and oxygen atoms in total. The molecule has 0 fully saturated rings. The molecule has 1 aromatic rings. The van der Waals surface area contributed by atoms with Crippen molar-refractivity contribution in [3.63, 3.8) is 0 Å². The van der Waals surface area contributed by atoms with Crippen LogP contribution in [-0.4, -0.2) is 11.7 Å². The van der Waals surface area contributed by atoms with E-state index in [-0.39, 0.29) is 11.5 Å². The Balaban J connectivity index is 2.41. The number of aliphatic hydroxyl groups is 1. The van der Waals surface area contributed by atoms with Gasteiger partial charge < -0.3 is 9.84 Å². The predicted molar refractivity (Wildman–Crippen MR) is 69.4 cm³/mol. The molecule has 0 amide bonds. The summed E-state index contributed by atoms with van der Waals surface area (Å²) in [5.41, 5.74) is 2.39. The van der Waals surface area contributed by atoms with Crippen molar-refractivity contribution in [1.82, 2.24) is 0 Å². The zero-order chi connectivity index (χ0) is 12.5. The van der Waals surface area contributed by atoms with E-state index in [0.29, 0.717) is 6.61 Å². The van der Waals surface area contributed by atoms with E-state index < -0.39 is 0 Å². The molecule has 1 atom stereocenters. The highest BCUT2D eigenvalue weighted by Gasteiger charge is 2.23. The van der Waals surface area contributed by atoms with Gasteiger partial charge in [0.1, 0.15) is 5.75 Å². The number of ether oxygens (including phenoxy) is 1. The summed E-state index contributed by atoms with van der Waals surface area (Å²) in [7, 11) is 0. The standard InChI is InChI=1S/C15H22O2/c1-4-15(2,3)11-7-8-14-12(10-11)13(16)6-5-9-17-14/h7-8,10,13,16H,4-6,9H2,1-3H3/t13-/m1/s1. The summed E-state index contributed by atoms with van der Waals surface area (Å²) < 4.78 is 5.66. The minimum Gasteiger partial charge on any atom is -0.493 e. The van der Waals surface area contributed by atoms with Gasteiger partial charge in [-0.15, -0.1) is 0 Å². The molecular formula is C15H22O2. The van der Waals surface area contributed by atoms with Crippen molar-refractivity contribution < 1.29 is 9.84 Å². The molecule has 1 aliphatic heterocycles. The highest BCUT2D eigenvalue weighted by atomic mass is 16.5. The van der Waals surface area contributed by atoms with Gasteiger partial charge in [0.25, 0.3) is 0 Å². The lowest BCUT2D eigenvalue weighted by Gasteiger charge is -2.25. The Morgan fingerprint density at radius 3 is 2.88 bits per heavy atom. The molecule has 0 saturated carbocycles. The number of rotatable bonds is 2. The third-order valence-electron chi connectivity index (χ3n) is 3.91. The fourth-order valence-electron chi connectivity index (χ4n) is 2.18. The van der Waals surface area contributed by atoms with Crippen molar-refractivity contribution in [3.8, 4) is 5.75 Å². The van der Waals surface area contributed by atoms with Gasteiger partial charge >= 0.3 is 0 Å². The number of hydrogen-bond donors (Lipinski definition) is 1. The third kappa shape index (κ3) is 2.47. The maximum atomic E-state index is 10.1. The Labute approximate surface area is 104 Å². The van der Waals surface area contributed by atoms with Gasteiger partial charge in [-0.25, -0.2) is 0 Å². The molecule has 94 valence electrons. The Bertz CT molecular complexity index is 396. The fraction of sp³-hybridized carbons (Fsp3) is 0.600. The fourth-order valence-corrected chi connectivity index (χ4v) is 2.18. The smallest absolute Gasteiger partial charge is 0.125 e. The molecular weight excluding hydrogens is 212 g/mol. The van der Waals surface area contributed by atoms with Gasteiger partial charge in [-0.2, -0.15) is 0 Å². The third-order valence-corrected chi connectivity index (χ3v) is 3.91. The Morgan fingerprint density at radius 1 is 1.41 bits per heavy atom. The first kappa shape index (κ1) is 12.4. The molecule has 0 spiro atoms. The zero-order valence-corrected chi connectivity index (χ0v) is 11.0. The van der Waals surface area contributed by atoms with Gasteiger partial charge in [-0.3, -0.25) is 0 Å². The normalized spacial score (nSPS) is 20.4. The summed E-state index contributed by atoms with van der Waals surface area (Å²) in [6, 6.07) is 6.26. The Hall–Kier alpha value is -1.02. The van der Waals surface area contributed by atoms with E-state index >= 15 is 0 Å². The van der Waals surface area contributed by atoms with Crippen LogP contribution in [0.5, 0.6) is 5.75 Å². The molecule has 0 aliphatic carbocycles. The molecule has 0 radical (unpaired) electrons. The van der Waals surface area contributed by atoms with Gasteiger partial charge in [-0.05, 0) is 42.4 Å². The first-order valence-corrected chi connectivity index (χ1v) is 6.50. The molecule has 1 aliphatic rings.